The SMILES string of the molecule is CC(C)c1ccc(CC(N)c2ccc(Cl)c(F)c2)cc1. The zero-order chi connectivity index (χ0) is 14.7. The van der Waals surface area contributed by atoms with E-state index in [9.17, 15) is 4.39 Å². The molecule has 2 rings (SSSR count). The Morgan fingerprint density at radius 3 is 2.20 bits per heavy atom. The molecule has 0 aliphatic carbocycles. The minimum atomic E-state index is -0.422. The van der Waals surface area contributed by atoms with Crippen LogP contribution in [0.1, 0.15) is 42.5 Å². The molecule has 2 aromatic rings. The zero-order valence-corrected chi connectivity index (χ0v) is 12.5. The van der Waals surface area contributed by atoms with Crippen molar-refractivity contribution in [3.8, 4) is 0 Å². The average molecular weight is 292 g/mol. The van der Waals surface area contributed by atoms with Crippen LogP contribution >= 0.6 is 11.6 Å². The molecule has 0 bridgehead atoms. The molecule has 1 nitrogen and oxygen atoms in total. The Kier molecular flexibility index (Phi) is 4.79. The Bertz CT molecular complexity index is 578. The van der Waals surface area contributed by atoms with Crippen LogP contribution in [-0.2, 0) is 6.42 Å². The summed E-state index contributed by atoms with van der Waals surface area (Å²) in [7, 11) is 0. The minimum Gasteiger partial charge on any atom is -0.324 e. The maximum absolute atomic E-state index is 13.4. The van der Waals surface area contributed by atoms with Crippen LogP contribution in [0.3, 0.4) is 0 Å². The number of hydrogen-bond acceptors (Lipinski definition) is 1. The summed E-state index contributed by atoms with van der Waals surface area (Å²) < 4.78 is 13.4. The topological polar surface area (TPSA) is 26.0 Å². The van der Waals surface area contributed by atoms with Gasteiger partial charge in [0.15, 0.2) is 0 Å². The Balaban J connectivity index is 2.10. The lowest BCUT2D eigenvalue weighted by Gasteiger charge is -2.13. The number of benzene rings is 2. The van der Waals surface area contributed by atoms with Gasteiger partial charge < -0.3 is 5.73 Å². The van der Waals surface area contributed by atoms with Crippen molar-refractivity contribution in [2.75, 3.05) is 0 Å². The highest BCUT2D eigenvalue weighted by Gasteiger charge is 2.10. The van der Waals surface area contributed by atoms with E-state index in [-0.39, 0.29) is 11.1 Å². The van der Waals surface area contributed by atoms with Gasteiger partial charge in [-0.2, -0.15) is 0 Å². The molecule has 3 heteroatoms. The second kappa shape index (κ2) is 6.38. The van der Waals surface area contributed by atoms with Crippen molar-refractivity contribution in [2.24, 2.45) is 5.73 Å². The number of hydrogen-bond donors (Lipinski definition) is 1. The smallest absolute Gasteiger partial charge is 0.142 e. The highest BCUT2D eigenvalue weighted by molar-refractivity contribution is 6.30. The Hall–Kier alpha value is -1.38. The molecule has 0 radical (unpaired) electrons. The van der Waals surface area contributed by atoms with Crippen LogP contribution in [0.25, 0.3) is 0 Å². The summed E-state index contributed by atoms with van der Waals surface area (Å²) in [6.07, 6.45) is 0.680. The van der Waals surface area contributed by atoms with E-state index in [0.29, 0.717) is 12.3 Å². The molecule has 1 atom stereocenters. The van der Waals surface area contributed by atoms with Crippen molar-refractivity contribution in [1.29, 1.82) is 0 Å². The fourth-order valence-corrected chi connectivity index (χ4v) is 2.27. The van der Waals surface area contributed by atoms with E-state index in [1.165, 1.54) is 11.6 Å². The highest BCUT2D eigenvalue weighted by atomic mass is 35.5. The van der Waals surface area contributed by atoms with Gasteiger partial charge in [0.25, 0.3) is 0 Å². The van der Waals surface area contributed by atoms with Gasteiger partial charge in [-0.15, -0.1) is 0 Å². The predicted molar refractivity (Wildman–Crippen MR) is 82.6 cm³/mol. The summed E-state index contributed by atoms with van der Waals surface area (Å²) in [5.74, 6) is 0.0952. The van der Waals surface area contributed by atoms with Crippen molar-refractivity contribution < 1.29 is 4.39 Å². The van der Waals surface area contributed by atoms with E-state index in [0.717, 1.165) is 11.1 Å². The van der Waals surface area contributed by atoms with E-state index >= 15 is 0 Å². The highest BCUT2D eigenvalue weighted by Crippen LogP contribution is 2.22. The second-order valence-corrected chi connectivity index (χ2v) is 5.79. The second-order valence-electron chi connectivity index (χ2n) is 5.38. The van der Waals surface area contributed by atoms with E-state index in [1.54, 1.807) is 12.1 Å². The number of rotatable bonds is 4. The molecule has 1 unspecified atom stereocenters. The molecule has 0 fully saturated rings. The van der Waals surface area contributed by atoms with Gasteiger partial charge in [0.2, 0.25) is 0 Å². The molecule has 0 aliphatic heterocycles. The lowest BCUT2D eigenvalue weighted by atomic mass is 9.96. The van der Waals surface area contributed by atoms with Crippen LogP contribution in [0, 0.1) is 5.82 Å². The first-order valence-corrected chi connectivity index (χ1v) is 7.14. The maximum atomic E-state index is 13.4. The minimum absolute atomic E-state index is 0.127. The molecule has 2 aromatic carbocycles. The fraction of sp³-hybridized carbons (Fsp3) is 0.294. The van der Waals surface area contributed by atoms with Gasteiger partial charge in [-0.3, -0.25) is 0 Å². The number of halogens is 2. The molecule has 0 saturated heterocycles. The first-order chi connectivity index (χ1) is 9.47. The maximum Gasteiger partial charge on any atom is 0.142 e. The van der Waals surface area contributed by atoms with Crippen LogP contribution in [-0.4, -0.2) is 0 Å². The summed E-state index contributed by atoms with van der Waals surface area (Å²) in [4.78, 5) is 0. The summed E-state index contributed by atoms with van der Waals surface area (Å²) in [6, 6.07) is 12.9. The summed E-state index contributed by atoms with van der Waals surface area (Å²) >= 11 is 5.68. The molecule has 0 aromatic heterocycles. The van der Waals surface area contributed by atoms with E-state index in [4.69, 9.17) is 17.3 Å². The van der Waals surface area contributed by atoms with Gasteiger partial charge in [0, 0.05) is 6.04 Å². The van der Waals surface area contributed by atoms with Crippen LogP contribution in [0.4, 0.5) is 4.39 Å². The molecule has 0 aliphatic rings. The zero-order valence-electron chi connectivity index (χ0n) is 11.7. The molecule has 20 heavy (non-hydrogen) atoms. The van der Waals surface area contributed by atoms with Crippen LogP contribution < -0.4 is 5.73 Å². The van der Waals surface area contributed by atoms with Crippen LogP contribution in [0.2, 0.25) is 5.02 Å². The molecule has 106 valence electrons. The summed E-state index contributed by atoms with van der Waals surface area (Å²) in [6.45, 7) is 4.33. The predicted octanol–water partition coefficient (Wildman–Crippen LogP) is 4.85. The first kappa shape index (κ1) is 15.0. The monoisotopic (exact) mass is 291 g/mol. The molecule has 0 amide bonds. The molecule has 0 spiro atoms. The quantitative estimate of drug-likeness (QED) is 0.856. The van der Waals surface area contributed by atoms with Crippen molar-refractivity contribution in [1.82, 2.24) is 0 Å². The Morgan fingerprint density at radius 2 is 1.65 bits per heavy atom. The van der Waals surface area contributed by atoms with Gasteiger partial charge in [0.05, 0.1) is 5.02 Å². The molecule has 0 heterocycles. The first-order valence-electron chi connectivity index (χ1n) is 6.76. The van der Waals surface area contributed by atoms with Crippen molar-refractivity contribution in [3.05, 3.63) is 70.0 Å². The third-order valence-corrected chi connectivity index (χ3v) is 3.78. The fourth-order valence-electron chi connectivity index (χ4n) is 2.15. The van der Waals surface area contributed by atoms with Gasteiger partial charge in [-0.1, -0.05) is 55.8 Å². The van der Waals surface area contributed by atoms with Crippen molar-refractivity contribution in [2.45, 2.75) is 32.2 Å². The number of nitrogens with two attached hydrogens (primary N) is 1. The lowest BCUT2D eigenvalue weighted by molar-refractivity contribution is 0.619. The van der Waals surface area contributed by atoms with Gasteiger partial charge in [0.1, 0.15) is 5.82 Å². The van der Waals surface area contributed by atoms with Gasteiger partial charge in [-0.25, -0.2) is 4.39 Å². The molecule has 2 N–H and O–H groups in total. The normalized spacial score (nSPS) is 12.7. The Morgan fingerprint density at radius 1 is 1.05 bits per heavy atom. The van der Waals surface area contributed by atoms with Crippen molar-refractivity contribution >= 4 is 11.6 Å². The van der Waals surface area contributed by atoms with Crippen LogP contribution in [0.5, 0.6) is 0 Å². The van der Waals surface area contributed by atoms with Gasteiger partial charge in [-0.05, 0) is 41.2 Å². The van der Waals surface area contributed by atoms with E-state index in [1.807, 2.05) is 0 Å². The third kappa shape index (κ3) is 3.59. The standard InChI is InChI=1S/C17H19ClFN/c1-11(2)13-5-3-12(4-6-13)9-17(20)14-7-8-15(18)16(19)10-14/h3-8,10-11,17H,9,20H2,1-2H3. The van der Waals surface area contributed by atoms with E-state index in [2.05, 4.69) is 38.1 Å². The molecular weight excluding hydrogens is 273 g/mol. The van der Waals surface area contributed by atoms with E-state index < -0.39 is 5.82 Å². The molecular formula is C17H19ClFN. The largest absolute Gasteiger partial charge is 0.324 e. The molecule has 0 saturated carbocycles. The Labute approximate surface area is 124 Å². The van der Waals surface area contributed by atoms with Crippen LogP contribution in [0.15, 0.2) is 42.5 Å². The van der Waals surface area contributed by atoms with Crippen molar-refractivity contribution in [3.63, 3.8) is 0 Å². The van der Waals surface area contributed by atoms with Gasteiger partial charge >= 0.3 is 0 Å². The average Bonchev–Trinajstić information content (AvgIpc) is 2.42. The third-order valence-electron chi connectivity index (χ3n) is 3.47. The lowest BCUT2D eigenvalue weighted by Crippen LogP contribution is -2.13. The summed E-state index contributed by atoms with van der Waals surface area (Å²) in [5, 5.41) is 0.127. The summed E-state index contributed by atoms with van der Waals surface area (Å²) in [5.41, 5.74) is 9.35.